The summed E-state index contributed by atoms with van der Waals surface area (Å²) in [5.41, 5.74) is 0. The van der Waals surface area contributed by atoms with Crippen molar-refractivity contribution in [2.75, 3.05) is 20.3 Å². The zero-order valence-corrected chi connectivity index (χ0v) is 9.88. The van der Waals surface area contributed by atoms with Gasteiger partial charge >= 0.3 is 0 Å². The van der Waals surface area contributed by atoms with E-state index < -0.39 is 0 Å². The van der Waals surface area contributed by atoms with E-state index in [0.29, 0.717) is 0 Å². The molecule has 0 aromatic carbocycles. The Labute approximate surface area is 88.4 Å². The molecule has 0 radical (unpaired) electrons. The van der Waals surface area contributed by atoms with Crippen molar-refractivity contribution in [3.63, 3.8) is 0 Å². The molecule has 1 fully saturated rings. The molecule has 1 aliphatic rings. The maximum Gasteiger partial charge on any atom is 0.0465 e. The molecule has 0 aromatic heterocycles. The summed E-state index contributed by atoms with van der Waals surface area (Å²) in [6.07, 6.45) is 5.28. The van der Waals surface area contributed by atoms with E-state index in [4.69, 9.17) is 4.74 Å². The molecule has 2 atom stereocenters. The molecule has 84 valence electrons. The molecule has 2 heteroatoms. The van der Waals surface area contributed by atoms with Crippen molar-refractivity contribution < 1.29 is 4.74 Å². The molecule has 14 heavy (non-hydrogen) atoms. The van der Waals surface area contributed by atoms with Crippen molar-refractivity contribution in [2.24, 2.45) is 11.8 Å². The molecule has 0 spiro atoms. The molecule has 0 aromatic rings. The van der Waals surface area contributed by atoms with Gasteiger partial charge in [-0.15, -0.1) is 0 Å². The van der Waals surface area contributed by atoms with Crippen LogP contribution < -0.4 is 5.32 Å². The molecule has 0 heterocycles. The number of hydrogen-bond acceptors (Lipinski definition) is 2. The first kappa shape index (κ1) is 12.0. The minimum atomic E-state index is 0.741. The second-order valence-electron chi connectivity index (χ2n) is 4.58. The van der Waals surface area contributed by atoms with E-state index in [9.17, 15) is 0 Å². The number of nitrogens with one attached hydrogen (secondary N) is 1. The first-order valence-corrected chi connectivity index (χ1v) is 6.02. The molecule has 0 saturated heterocycles. The first-order chi connectivity index (χ1) is 6.79. The summed E-state index contributed by atoms with van der Waals surface area (Å²) in [5, 5.41) is 3.68. The second-order valence-corrected chi connectivity index (χ2v) is 4.58. The van der Waals surface area contributed by atoms with Crippen LogP contribution in [0.1, 0.15) is 39.5 Å². The van der Waals surface area contributed by atoms with Gasteiger partial charge in [0.2, 0.25) is 0 Å². The highest BCUT2D eigenvalue weighted by Gasteiger charge is 2.33. The van der Waals surface area contributed by atoms with Crippen LogP contribution in [0.5, 0.6) is 0 Å². The molecule has 1 saturated carbocycles. The van der Waals surface area contributed by atoms with Crippen LogP contribution in [-0.2, 0) is 4.74 Å². The largest absolute Gasteiger partial charge is 0.385 e. The van der Waals surface area contributed by atoms with Crippen molar-refractivity contribution in [3.05, 3.63) is 0 Å². The summed E-state index contributed by atoms with van der Waals surface area (Å²) in [6.45, 7) is 6.65. The molecule has 1 N–H and O–H groups in total. The van der Waals surface area contributed by atoms with Gasteiger partial charge in [0.05, 0.1) is 0 Å². The fourth-order valence-corrected chi connectivity index (χ4v) is 2.08. The third kappa shape index (κ3) is 3.97. The van der Waals surface area contributed by atoms with Gasteiger partial charge in [0.1, 0.15) is 0 Å². The Balaban J connectivity index is 2.24. The zero-order valence-electron chi connectivity index (χ0n) is 9.88. The third-order valence-corrected chi connectivity index (χ3v) is 3.15. The maximum atomic E-state index is 5.14. The summed E-state index contributed by atoms with van der Waals surface area (Å²) in [4.78, 5) is 0. The minimum absolute atomic E-state index is 0.741. The Morgan fingerprint density at radius 2 is 2.14 bits per heavy atom. The van der Waals surface area contributed by atoms with Crippen LogP contribution in [0.3, 0.4) is 0 Å². The predicted octanol–water partition coefficient (Wildman–Crippen LogP) is 2.44. The first-order valence-electron chi connectivity index (χ1n) is 6.02. The van der Waals surface area contributed by atoms with E-state index in [1.165, 1.54) is 32.2 Å². The summed E-state index contributed by atoms with van der Waals surface area (Å²) in [7, 11) is 1.79. The fraction of sp³-hybridized carbons (Fsp3) is 1.00. The standard InChI is InChI=1S/C12H25NO/c1-4-8-13-12(11-5-6-11)10(2)7-9-14-3/h10-13H,4-9H2,1-3H3. The average Bonchev–Trinajstić information content (AvgIpc) is 2.99. The normalized spacial score (nSPS) is 20.8. The number of methoxy groups -OCH3 is 1. The number of ether oxygens (including phenoxy) is 1. The topological polar surface area (TPSA) is 21.3 Å². The van der Waals surface area contributed by atoms with E-state index in [-0.39, 0.29) is 0 Å². The smallest absolute Gasteiger partial charge is 0.0465 e. The average molecular weight is 199 g/mol. The van der Waals surface area contributed by atoms with Gasteiger partial charge in [-0.25, -0.2) is 0 Å². The van der Waals surface area contributed by atoms with Crippen LogP contribution in [0.2, 0.25) is 0 Å². The van der Waals surface area contributed by atoms with Crippen molar-refractivity contribution in [1.82, 2.24) is 5.32 Å². The molecular weight excluding hydrogens is 174 g/mol. The Bertz CT molecular complexity index is 145. The summed E-state index contributed by atoms with van der Waals surface area (Å²) in [6, 6.07) is 0.741. The van der Waals surface area contributed by atoms with E-state index in [1.54, 1.807) is 7.11 Å². The Morgan fingerprint density at radius 1 is 1.43 bits per heavy atom. The van der Waals surface area contributed by atoms with Gasteiger partial charge in [0.25, 0.3) is 0 Å². The predicted molar refractivity (Wildman–Crippen MR) is 60.5 cm³/mol. The highest BCUT2D eigenvalue weighted by molar-refractivity contribution is 4.89. The van der Waals surface area contributed by atoms with E-state index in [1.807, 2.05) is 0 Å². The highest BCUT2D eigenvalue weighted by Crippen LogP contribution is 2.36. The van der Waals surface area contributed by atoms with Crippen LogP contribution in [-0.4, -0.2) is 26.3 Å². The lowest BCUT2D eigenvalue weighted by Gasteiger charge is -2.25. The third-order valence-electron chi connectivity index (χ3n) is 3.15. The monoisotopic (exact) mass is 199 g/mol. The van der Waals surface area contributed by atoms with Crippen molar-refractivity contribution >= 4 is 0 Å². The lowest BCUT2D eigenvalue weighted by atomic mass is 9.94. The molecular formula is C12H25NO. The Kier molecular flexibility index (Phi) is 5.49. The molecule has 0 aliphatic heterocycles. The molecule has 1 aliphatic carbocycles. The van der Waals surface area contributed by atoms with E-state index in [0.717, 1.165) is 24.5 Å². The van der Waals surface area contributed by atoms with Gasteiger partial charge in [0, 0.05) is 19.8 Å². The van der Waals surface area contributed by atoms with Crippen LogP contribution >= 0.6 is 0 Å². The zero-order chi connectivity index (χ0) is 10.4. The van der Waals surface area contributed by atoms with Crippen LogP contribution in [0.4, 0.5) is 0 Å². The highest BCUT2D eigenvalue weighted by atomic mass is 16.5. The van der Waals surface area contributed by atoms with Crippen molar-refractivity contribution in [3.8, 4) is 0 Å². The second kappa shape index (κ2) is 6.41. The van der Waals surface area contributed by atoms with Crippen LogP contribution in [0.15, 0.2) is 0 Å². The maximum absolute atomic E-state index is 5.14. The molecule has 1 rings (SSSR count). The minimum Gasteiger partial charge on any atom is -0.385 e. The number of rotatable bonds is 8. The summed E-state index contributed by atoms with van der Waals surface area (Å²) >= 11 is 0. The van der Waals surface area contributed by atoms with E-state index in [2.05, 4.69) is 19.2 Å². The summed E-state index contributed by atoms with van der Waals surface area (Å²) in [5.74, 6) is 1.71. The van der Waals surface area contributed by atoms with E-state index >= 15 is 0 Å². The van der Waals surface area contributed by atoms with Gasteiger partial charge in [0.15, 0.2) is 0 Å². The van der Waals surface area contributed by atoms with Crippen molar-refractivity contribution in [2.45, 2.75) is 45.6 Å². The quantitative estimate of drug-likeness (QED) is 0.648. The molecule has 0 amide bonds. The fourth-order valence-electron chi connectivity index (χ4n) is 2.08. The lowest BCUT2D eigenvalue weighted by Crippen LogP contribution is -2.37. The van der Waals surface area contributed by atoms with Crippen LogP contribution in [0, 0.1) is 11.8 Å². The van der Waals surface area contributed by atoms with Gasteiger partial charge in [-0.2, -0.15) is 0 Å². The van der Waals surface area contributed by atoms with Gasteiger partial charge < -0.3 is 10.1 Å². The SMILES string of the molecule is CCCNC(C(C)CCOC)C1CC1. The lowest BCUT2D eigenvalue weighted by molar-refractivity contribution is 0.166. The molecule has 2 nitrogen and oxygen atoms in total. The van der Waals surface area contributed by atoms with Crippen molar-refractivity contribution in [1.29, 1.82) is 0 Å². The Morgan fingerprint density at radius 3 is 2.64 bits per heavy atom. The molecule has 0 bridgehead atoms. The number of hydrogen-bond donors (Lipinski definition) is 1. The Hall–Kier alpha value is -0.0800. The van der Waals surface area contributed by atoms with Gasteiger partial charge in [-0.3, -0.25) is 0 Å². The van der Waals surface area contributed by atoms with Gasteiger partial charge in [-0.05, 0) is 44.1 Å². The van der Waals surface area contributed by atoms with Gasteiger partial charge in [-0.1, -0.05) is 13.8 Å². The molecule has 2 unspecified atom stereocenters. The summed E-state index contributed by atoms with van der Waals surface area (Å²) < 4.78 is 5.14. The van der Waals surface area contributed by atoms with Crippen LogP contribution in [0.25, 0.3) is 0 Å².